The quantitative estimate of drug-likeness (QED) is 0.204. The number of aliphatic hydroxyl groups excluding tert-OH is 1. The number of rotatable bonds is 10. The normalized spacial score (nSPS) is 20.7. The van der Waals surface area contributed by atoms with E-state index in [-0.39, 0.29) is 42.1 Å². The van der Waals surface area contributed by atoms with Crippen molar-refractivity contribution in [3.63, 3.8) is 0 Å². The van der Waals surface area contributed by atoms with Gasteiger partial charge in [-0.2, -0.15) is 4.31 Å². The summed E-state index contributed by atoms with van der Waals surface area (Å²) >= 11 is 0. The Balaban J connectivity index is 1.09. The van der Waals surface area contributed by atoms with Crippen LogP contribution in [0.5, 0.6) is 5.75 Å². The van der Waals surface area contributed by atoms with Gasteiger partial charge in [0, 0.05) is 37.9 Å². The molecule has 218 valence electrons. The zero-order chi connectivity index (χ0) is 28.5. The maximum absolute atomic E-state index is 13.2. The summed E-state index contributed by atoms with van der Waals surface area (Å²) in [4.78, 5) is 20.6. The molecule has 2 aromatic heterocycles. The summed E-state index contributed by atoms with van der Waals surface area (Å²) in [5.41, 5.74) is -0.273. The number of aliphatic hydroxyl groups is 1. The highest BCUT2D eigenvalue weighted by Crippen LogP contribution is 2.37. The van der Waals surface area contributed by atoms with Crippen LogP contribution in [-0.2, 0) is 24.8 Å². The molecule has 3 aromatic rings. The third kappa shape index (κ3) is 6.07. The minimum Gasteiger partial charge on any atom is -0.491 e. The number of hydrogen-bond acceptors (Lipinski definition) is 10. The zero-order valence-electron chi connectivity index (χ0n) is 21.8. The molecule has 14 nitrogen and oxygen atoms in total. The molecule has 2 fully saturated rings. The number of pyridine rings is 1. The maximum Gasteiger partial charge on any atom is 0.325 e. The van der Waals surface area contributed by atoms with Gasteiger partial charge in [-0.15, -0.1) is 0 Å². The van der Waals surface area contributed by atoms with Crippen LogP contribution in [0.25, 0.3) is 11.2 Å². The van der Waals surface area contributed by atoms with Gasteiger partial charge in [0.05, 0.1) is 22.6 Å². The number of nitrogens with zero attached hydrogens (tertiary/aromatic N) is 2. The zero-order valence-corrected chi connectivity index (χ0v) is 23.4. The molecule has 5 rings (SSSR count). The second kappa shape index (κ2) is 11.2. The Morgan fingerprint density at radius 3 is 2.73 bits per heavy atom. The minimum atomic E-state index is -3.79. The Morgan fingerprint density at radius 1 is 1.20 bits per heavy atom. The summed E-state index contributed by atoms with van der Waals surface area (Å²) in [6, 6.07) is 7.42. The molecule has 0 amide bonds. The standard InChI is InChI=1S/C24H32N6O8S2/c1-25-39(33,34)19-4-2-3-18(9-19)37-15-17(31)12-26-16-11-24(38-14-16)5-7-30(8-6-24)40(35,36)20-10-21-22(27-13-20)29-23(32)28-21/h2-4,9-10,13,16-17,25-26,31H,5-8,11-12,14-15H2,1H3,(H2,27,28,29,32). The Kier molecular flexibility index (Phi) is 8.02. The van der Waals surface area contributed by atoms with Crippen LogP contribution >= 0.6 is 0 Å². The lowest BCUT2D eigenvalue weighted by Gasteiger charge is -2.38. The second-order valence-electron chi connectivity index (χ2n) is 10.0. The van der Waals surface area contributed by atoms with E-state index in [1.807, 2.05) is 0 Å². The molecule has 1 spiro atoms. The molecule has 5 N–H and O–H groups in total. The number of imidazole rings is 1. The van der Waals surface area contributed by atoms with E-state index in [1.54, 1.807) is 12.1 Å². The van der Waals surface area contributed by atoms with Crippen molar-refractivity contribution in [2.24, 2.45) is 0 Å². The number of benzene rings is 1. The highest BCUT2D eigenvalue weighted by molar-refractivity contribution is 7.89. The van der Waals surface area contributed by atoms with Gasteiger partial charge in [0.2, 0.25) is 20.0 Å². The van der Waals surface area contributed by atoms with Gasteiger partial charge in [-0.3, -0.25) is 4.98 Å². The Bertz CT molecular complexity index is 1630. The van der Waals surface area contributed by atoms with Gasteiger partial charge >= 0.3 is 5.69 Å². The van der Waals surface area contributed by atoms with E-state index in [9.17, 15) is 26.7 Å². The fraction of sp³-hybridized carbons (Fsp3) is 0.500. The Labute approximate surface area is 231 Å². The first kappa shape index (κ1) is 28.7. The topological polar surface area (TPSA) is 196 Å². The number of nitrogens with one attached hydrogen (secondary N) is 4. The molecule has 2 atom stereocenters. The molecule has 2 saturated heterocycles. The highest BCUT2D eigenvalue weighted by Gasteiger charge is 2.44. The van der Waals surface area contributed by atoms with Crippen LogP contribution in [0.1, 0.15) is 19.3 Å². The molecular formula is C24H32N6O8S2. The molecule has 1 aromatic carbocycles. The Morgan fingerprint density at radius 2 is 1.98 bits per heavy atom. The maximum atomic E-state index is 13.2. The molecule has 0 bridgehead atoms. The summed E-state index contributed by atoms with van der Waals surface area (Å²) < 4.78 is 65.7. The Hall–Kier alpha value is -2.86. The first-order chi connectivity index (χ1) is 19.0. The summed E-state index contributed by atoms with van der Waals surface area (Å²) in [7, 11) is -6.06. The van der Waals surface area contributed by atoms with E-state index in [0.29, 0.717) is 42.8 Å². The van der Waals surface area contributed by atoms with Crippen molar-refractivity contribution in [2.75, 3.05) is 39.9 Å². The van der Waals surface area contributed by atoms with Crippen LogP contribution in [-0.4, -0.2) is 98.8 Å². The molecule has 16 heteroatoms. The molecule has 4 heterocycles. The summed E-state index contributed by atoms with van der Waals surface area (Å²) in [6.45, 7) is 1.23. The number of aromatic nitrogens is 3. The van der Waals surface area contributed by atoms with Crippen molar-refractivity contribution in [1.29, 1.82) is 0 Å². The smallest absolute Gasteiger partial charge is 0.325 e. The molecular weight excluding hydrogens is 564 g/mol. The largest absolute Gasteiger partial charge is 0.491 e. The monoisotopic (exact) mass is 596 g/mol. The van der Waals surface area contributed by atoms with Crippen LogP contribution in [0.2, 0.25) is 0 Å². The van der Waals surface area contributed by atoms with E-state index in [4.69, 9.17) is 9.47 Å². The van der Waals surface area contributed by atoms with Gasteiger partial charge in [-0.1, -0.05) is 6.07 Å². The lowest BCUT2D eigenvalue weighted by atomic mass is 9.88. The number of piperidine rings is 1. The summed E-state index contributed by atoms with van der Waals surface area (Å²) in [5.74, 6) is 0.331. The third-order valence-electron chi connectivity index (χ3n) is 7.29. The fourth-order valence-corrected chi connectivity index (χ4v) is 7.23. The molecule has 0 radical (unpaired) electrons. The molecule has 2 aliphatic rings. The molecule has 40 heavy (non-hydrogen) atoms. The van der Waals surface area contributed by atoms with Crippen LogP contribution in [0, 0.1) is 0 Å². The van der Waals surface area contributed by atoms with Crippen LogP contribution < -0.4 is 20.5 Å². The van der Waals surface area contributed by atoms with Gasteiger partial charge in [0.1, 0.15) is 23.4 Å². The number of hydrogen-bond donors (Lipinski definition) is 5. The molecule has 2 aliphatic heterocycles. The average molecular weight is 597 g/mol. The van der Waals surface area contributed by atoms with Gasteiger partial charge < -0.3 is 24.9 Å². The van der Waals surface area contributed by atoms with Crippen molar-refractivity contribution in [2.45, 2.75) is 46.8 Å². The SMILES string of the molecule is CNS(=O)(=O)c1cccc(OCC(O)CNC2COC3(CCN(S(=O)(=O)c4cnc5[nH]c(=O)[nH]c5c4)CC3)C2)c1. The first-order valence-electron chi connectivity index (χ1n) is 12.8. The number of fused-ring (bicyclic) bond motifs is 1. The van der Waals surface area contributed by atoms with Gasteiger partial charge in [-0.25, -0.2) is 31.3 Å². The minimum absolute atomic E-state index is 0.0149. The van der Waals surface area contributed by atoms with E-state index < -0.39 is 37.4 Å². The third-order valence-corrected chi connectivity index (χ3v) is 10.6. The fourth-order valence-electron chi connectivity index (χ4n) is 5.05. The van der Waals surface area contributed by atoms with Gasteiger partial charge in [0.25, 0.3) is 0 Å². The summed E-state index contributed by atoms with van der Waals surface area (Å²) in [5, 5.41) is 13.7. The van der Waals surface area contributed by atoms with Gasteiger partial charge in [0.15, 0.2) is 5.65 Å². The lowest BCUT2D eigenvalue weighted by molar-refractivity contribution is -0.0312. The van der Waals surface area contributed by atoms with Crippen LogP contribution in [0.3, 0.4) is 0 Å². The van der Waals surface area contributed by atoms with E-state index >= 15 is 0 Å². The van der Waals surface area contributed by atoms with E-state index in [2.05, 4.69) is 25.0 Å². The van der Waals surface area contributed by atoms with Crippen molar-refractivity contribution in [1.82, 2.24) is 29.3 Å². The second-order valence-corrected chi connectivity index (χ2v) is 13.8. The molecule has 0 aliphatic carbocycles. The number of aromatic amines is 2. The van der Waals surface area contributed by atoms with Crippen molar-refractivity contribution in [3.05, 3.63) is 47.0 Å². The lowest BCUT2D eigenvalue weighted by Crippen LogP contribution is -2.47. The molecule has 0 saturated carbocycles. The molecule has 2 unspecified atom stereocenters. The van der Waals surface area contributed by atoms with Crippen molar-refractivity contribution < 1.29 is 31.4 Å². The average Bonchev–Trinajstić information content (AvgIpc) is 3.52. The van der Waals surface area contributed by atoms with Crippen LogP contribution in [0.4, 0.5) is 0 Å². The van der Waals surface area contributed by atoms with Crippen LogP contribution in [0.15, 0.2) is 51.1 Å². The highest BCUT2D eigenvalue weighted by atomic mass is 32.2. The summed E-state index contributed by atoms with van der Waals surface area (Å²) in [6.07, 6.45) is 2.13. The predicted molar refractivity (Wildman–Crippen MR) is 144 cm³/mol. The van der Waals surface area contributed by atoms with Gasteiger partial charge in [-0.05, 0) is 44.5 Å². The van der Waals surface area contributed by atoms with E-state index in [1.165, 1.54) is 35.7 Å². The first-order valence-corrected chi connectivity index (χ1v) is 15.7. The van der Waals surface area contributed by atoms with Crippen molar-refractivity contribution >= 4 is 31.2 Å². The predicted octanol–water partition coefficient (Wildman–Crippen LogP) is -0.499. The number of ether oxygens (including phenoxy) is 2. The van der Waals surface area contributed by atoms with Crippen molar-refractivity contribution in [3.8, 4) is 5.75 Å². The van der Waals surface area contributed by atoms with E-state index in [0.717, 1.165) is 0 Å². The number of H-pyrrole nitrogens is 2. The number of sulfonamides is 2.